The van der Waals surface area contributed by atoms with Gasteiger partial charge in [-0.1, -0.05) is 60.7 Å². The van der Waals surface area contributed by atoms with E-state index in [1.165, 1.54) is 11.0 Å². The maximum absolute atomic E-state index is 8.94. The number of hydrogen-bond donors (Lipinski definition) is 1. The Bertz CT molecular complexity index is 417. The predicted molar refractivity (Wildman–Crippen MR) is 67.9 cm³/mol. The van der Waals surface area contributed by atoms with E-state index in [4.69, 9.17) is 40.0 Å². The van der Waals surface area contributed by atoms with E-state index in [9.17, 15) is 0 Å². The lowest BCUT2D eigenvalue weighted by molar-refractivity contribution is 0.307. The van der Waals surface area contributed by atoms with Crippen molar-refractivity contribution in [1.82, 2.24) is 14.8 Å². The number of oxime groups is 1. The lowest BCUT2D eigenvalue weighted by Crippen LogP contribution is -2.26. The zero-order valence-electron chi connectivity index (χ0n) is 9.65. The van der Waals surface area contributed by atoms with Crippen LogP contribution in [0.2, 0.25) is 0 Å². The standard InChI is InChI=1S/C9H13Cl3N4O/c1-8(2,3)6(15-17)4-16-5-13-7(14-16)9(10,11)12/h5,17H,4H2,1-3H3/b15-6-. The third kappa shape index (κ3) is 4.01. The Morgan fingerprint density at radius 1 is 1.41 bits per heavy atom. The molecule has 0 aromatic carbocycles. The summed E-state index contributed by atoms with van der Waals surface area (Å²) in [7, 11) is 0. The summed E-state index contributed by atoms with van der Waals surface area (Å²) in [5, 5.41) is 16.2. The van der Waals surface area contributed by atoms with Crippen molar-refractivity contribution in [2.75, 3.05) is 0 Å². The van der Waals surface area contributed by atoms with E-state index in [1.54, 1.807) is 0 Å². The van der Waals surface area contributed by atoms with Gasteiger partial charge in [-0.25, -0.2) is 9.67 Å². The van der Waals surface area contributed by atoms with Gasteiger partial charge < -0.3 is 5.21 Å². The van der Waals surface area contributed by atoms with Crippen molar-refractivity contribution in [3.63, 3.8) is 0 Å². The third-order valence-electron chi connectivity index (χ3n) is 2.09. The predicted octanol–water partition coefficient (Wildman–Crippen LogP) is 2.98. The number of aromatic nitrogens is 3. The summed E-state index contributed by atoms with van der Waals surface area (Å²) >= 11 is 16.9. The van der Waals surface area contributed by atoms with Gasteiger partial charge in [0.05, 0.1) is 12.3 Å². The maximum Gasteiger partial charge on any atom is 0.251 e. The number of nitrogens with zero attached hydrogens (tertiary/aromatic N) is 4. The zero-order valence-corrected chi connectivity index (χ0v) is 11.9. The van der Waals surface area contributed by atoms with Gasteiger partial charge in [-0.3, -0.25) is 0 Å². The molecule has 17 heavy (non-hydrogen) atoms. The van der Waals surface area contributed by atoms with Crippen LogP contribution in [-0.2, 0) is 10.3 Å². The summed E-state index contributed by atoms with van der Waals surface area (Å²) in [4.78, 5) is 3.88. The molecule has 1 N–H and O–H groups in total. The summed E-state index contributed by atoms with van der Waals surface area (Å²) < 4.78 is -0.193. The molecule has 0 aliphatic heterocycles. The maximum atomic E-state index is 8.94. The van der Waals surface area contributed by atoms with Crippen LogP contribution in [0.1, 0.15) is 26.6 Å². The first-order valence-electron chi connectivity index (χ1n) is 4.82. The second kappa shape index (κ2) is 5.00. The van der Waals surface area contributed by atoms with Crippen molar-refractivity contribution in [2.45, 2.75) is 31.1 Å². The van der Waals surface area contributed by atoms with Crippen LogP contribution in [0.25, 0.3) is 0 Å². The highest BCUT2D eigenvalue weighted by molar-refractivity contribution is 6.66. The van der Waals surface area contributed by atoms with Crippen LogP contribution in [0.5, 0.6) is 0 Å². The Labute approximate surface area is 114 Å². The first-order valence-corrected chi connectivity index (χ1v) is 5.96. The largest absolute Gasteiger partial charge is 0.411 e. The zero-order chi connectivity index (χ0) is 13.3. The number of alkyl halides is 3. The minimum absolute atomic E-state index is 0.0914. The van der Waals surface area contributed by atoms with Crippen molar-refractivity contribution in [3.8, 4) is 0 Å². The van der Waals surface area contributed by atoms with Gasteiger partial charge in [-0.05, 0) is 0 Å². The molecule has 0 atom stereocenters. The second-order valence-electron chi connectivity index (χ2n) is 4.56. The minimum atomic E-state index is -1.65. The average Bonchev–Trinajstić information content (AvgIpc) is 2.59. The average molecular weight is 300 g/mol. The molecule has 0 aliphatic rings. The van der Waals surface area contributed by atoms with Crippen molar-refractivity contribution >= 4 is 40.5 Å². The van der Waals surface area contributed by atoms with Gasteiger partial charge in [0.15, 0.2) is 0 Å². The second-order valence-corrected chi connectivity index (χ2v) is 6.84. The summed E-state index contributed by atoms with van der Waals surface area (Å²) in [5.41, 5.74) is 0.277. The van der Waals surface area contributed by atoms with Crippen LogP contribution < -0.4 is 0 Å². The normalized spacial score (nSPS) is 14.1. The first-order chi connectivity index (χ1) is 7.64. The summed E-state index contributed by atoms with van der Waals surface area (Å²) in [6.07, 6.45) is 1.42. The van der Waals surface area contributed by atoms with Crippen LogP contribution >= 0.6 is 34.8 Å². The summed E-state index contributed by atoms with van der Waals surface area (Å²) in [6.45, 7) is 6.06. The van der Waals surface area contributed by atoms with Crippen molar-refractivity contribution < 1.29 is 5.21 Å². The SMILES string of the molecule is CC(C)(C)/C(Cn1cnc(C(Cl)(Cl)Cl)n1)=N\O. The van der Waals surface area contributed by atoms with E-state index >= 15 is 0 Å². The van der Waals surface area contributed by atoms with Gasteiger partial charge in [-0.2, -0.15) is 5.10 Å². The first kappa shape index (κ1) is 14.5. The van der Waals surface area contributed by atoms with Crippen molar-refractivity contribution in [3.05, 3.63) is 12.2 Å². The molecule has 0 radical (unpaired) electrons. The van der Waals surface area contributed by atoms with Gasteiger partial charge in [-0.15, -0.1) is 0 Å². The fourth-order valence-corrected chi connectivity index (χ4v) is 1.33. The minimum Gasteiger partial charge on any atom is -0.411 e. The molecule has 0 aliphatic carbocycles. The van der Waals surface area contributed by atoms with E-state index in [1.807, 2.05) is 20.8 Å². The van der Waals surface area contributed by atoms with Gasteiger partial charge in [0.1, 0.15) is 6.33 Å². The summed E-state index contributed by atoms with van der Waals surface area (Å²) in [6, 6.07) is 0. The van der Waals surface area contributed by atoms with Gasteiger partial charge in [0.2, 0.25) is 5.82 Å². The molecule has 5 nitrogen and oxygen atoms in total. The molecule has 0 spiro atoms. The quantitative estimate of drug-likeness (QED) is 0.395. The highest BCUT2D eigenvalue weighted by atomic mass is 35.6. The van der Waals surface area contributed by atoms with Crippen LogP contribution in [0.3, 0.4) is 0 Å². The fraction of sp³-hybridized carbons (Fsp3) is 0.667. The lowest BCUT2D eigenvalue weighted by Gasteiger charge is -2.19. The molecular formula is C9H13Cl3N4O. The van der Waals surface area contributed by atoms with E-state index in [0.717, 1.165) is 0 Å². The summed E-state index contributed by atoms with van der Waals surface area (Å²) in [5.74, 6) is 0.0914. The molecule has 1 aromatic rings. The van der Waals surface area contributed by atoms with Crippen molar-refractivity contribution in [2.24, 2.45) is 10.6 Å². The number of hydrogen-bond acceptors (Lipinski definition) is 4. The Morgan fingerprint density at radius 2 is 2.00 bits per heavy atom. The fourth-order valence-electron chi connectivity index (χ4n) is 1.07. The molecule has 1 rings (SSSR count). The Morgan fingerprint density at radius 3 is 2.35 bits per heavy atom. The molecule has 1 aromatic heterocycles. The molecular weight excluding hydrogens is 286 g/mol. The van der Waals surface area contributed by atoms with Crippen LogP contribution in [0.15, 0.2) is 11.5 Å². The smallest absolute Gasteiger partial charge is 0.251 e. The van der Waals surface area contributed by atoms with Gasteiger partial charge in [0, 0.05) is 5.41 Å². The third-order valence-corrected chi connectivity index (χ3v) is 2.60. The topological polar surface area (TPSA) is 63.3 Å². The molecule has 8 heteroatoms. The Balaban J connectivity index is 2.87. The molecule has 0 fully saturated rings. The molecule has 0 saturated heterocycles. The highest BCUT2D eigenvalue weighted by Gasteiger charge is 2.28. The molecule has 0 saturated carbocycles. The van der Waals surface area contributed by atoms with Gasteiger partial charge in [0.25, 0.3) is 3.79 Å². The Hall–Kier alpha value is -0.520. The van der Waals surface area contributed by atoms with Crippen LogP contribution in [-0.4, -0.2) is 25.7 Å². The van der Waals surface area contributed by atoms with Crippen LogP contribution in [0.4, 0.5) is 0 Å². The molecule has 96 valence electrons. The molecule has 1 heterocycles. The Kier molecular flexibility index (Phi) is 4.28. The van der Waals surface area contributed by atoms with Crippen molar-refractivity contribution in [1.29, 1.82) is 0 Å². The monoisotopic (exact) mass is 298 g/mol. The molecule has 0 bridgehead atoms. The highest BCUT2D eigenvalue weighted by Crippen LogP contribution is 2.35. The van der Waals surface area contributed by atoms with E-state index in [0.29, 0.717) is 5.71 Å². The molecule has 0 unspecified atom stereocenters. The lowest BCUT2D eigenvalue weighted by atomic mass is 9.90. The number of halogens is 3. The van der Waals surface area contributed by atoms with Gasteiger partial charge >= 0.3 is 0 Å². The van der Waals surface area contributed by atoms with E-state index in [2.05, 4.69) is 15.2 Å². The van der Waals surface area contributed by atoms with E-state index in [-0.39, 0.29) is 17.8 Å². The van der Waals surface area contributed by atoms with E-state index < -0.39 is 3.79 Å². The van der Waals surface area contributed by atoms with Crippen LogP contribution in [0, 0.1) is 5.41 Å². The molecule has 0 amide bonds. The number of rotatable bonds is 2.